The molecule has 12 nitrogen and oxygen atoms in total. The fourth-order valence-electron chi connectivity index (χ4n) is 1.48. The van der Waals surface area contributed by atoms with Gasteiger partial charge in [-0.05, 0) is 18.2 Å². The van der Waals surface area contributed by atoms with Gasteiger partial charge in [-0.3, -0.25) is 9.97 Å². The molecule has 2 aromatic rings. The Morgan fingerprint density at radius 3 is 1.50 bits per heavy atom. The average Bonchev–Trinajstić information content (AvgIpc) is 2.77. The lowest BCUT2D eigenvalue weighted by Gasteiger charge is -2.03. The molecule has 0 fully saturated rings. The minimum absolute atomic E-state index is 0.224. The van der Waals surface area contributed by atoms with Gasteiger partial charge in [0, 0.05) is 54.7 Å². The molecule has 0 aromatic carbocycles. The lowest BCUT2D eigenvalue weighted by atomic mass is 10.3. The van der Waals surface area contributed by atoms with Crippen LogP contribution in [0.5, 0.6) is 0 Å². The fourth-order valence-corrected chi connectivity index (χ4v) is 1.48. The zero-order chi connectivity index (χ0) is 24.4. The van der Waals surface area contributed by atoms with Crippen LogP contribution in [-0.2, 0) is 30.5 Å². The minimum atomic E-state index is -1.26. The van der Waals surface area contributed by atoms with Gasteiger partial charge < -0.3 is 25.2 Å². The van der Waals surface area contributed by atoms with E-state index >= 15 is 0 Å². The van der Waals surface area contributed by atoms with Gasteiger partial charge >= 0.3 is 29.8 Å². The number of carboxylic acid groups (broad SMARTS) is 4. The molecule has 4 N–H and O–H groups in total. The van der Waals surface area contributed by atoms with E-state index in [0.29, 0.717) is 29.9 Å². The highest BCUT2D eigenvalue weighted by atomic mass is 16.5. The van der Waals surface area contributed by atoms with Crippen molar-refractivity contribution in [2.24, 2.45) is 0 Å². The number of carbonyl (C=O) groups excluding carboxylic acids is 1. The fraction of sp³-hybridized carbons (Fsp3) is 0.0500. The third-order valence-electron chi connectivity index (χ3n) is 2.73. The van der Waals surface area contributed by atoms with Crippen LogP contribution in [0.25, 0.3) is 0 Å². The zero-order valence-electron chi connectivity index (χ0n) is 16.3. The molecule has 0 radical (unpaired) electrons. The number of hydrogen-bond donors (Lipinski definition) is 4. The summed E-state index contributed by atoms with van der Waals surface area (Å²) in [7, 11) is 0. The van der Waals surface area contributed by atoms with Crippen LogP contribution in [-0.4, -0.2) is 60.2 Å². The number of pyridine rings is 2. The Bertz CT molecular complexity index is 891. The highest BCUT2D eigenvalue weighted by Gasteiger charge is 2.06. The van der Waals surface area contributed by atoms with Crippen LogP contribution in [0.15, 0.2) is 73.4 Å². The van der Waals surface area contributed by atoms with E-state index in [0.717, 1.165) is 5.56 Å². The number of rotatable bonds is 7. The summed E-state index contributed by atoms with van der Waals surface area (Å²) in [6, 6.07) is 7.01. The molecule has 0 aliphatic rings. The zero-order valence-corrected chi connectivity index (χ0v) is 16.3. The van der Waals surface area contributed by atoms with E-state index in [-0.39, 0.29) is 12.6 Å². The first kappa shape index (κ1) is 27.1. The molecule has 12 heteroatoms. The van der Waals surface area contributed by atoms with Crippen LogP contribution in [0.1, 0.15) is 15.9 Å². The third kappa shape index (κ3) is 16.1. The molecule has 0 bridgehead atoms. The van der Waals surface area contributed by atoms with Crippen LogP contribution in [0.2, 0.25) is 0 Å². The summed E-state index contributed by atoms with van der Waals surface area (Å²) in [4.78, 5) is 57.5. The average molecular weight is 446 g/mol. The summed E-state index contributed by atoms with van der Waals surface area (Å²) < 4.78 is 5.10. The number of esters is 1. The molecule has 0 atom stereocenters. The minimum Gasteiger partial charge on any atom is -0.478 e. The molecule has 2 rings (SSSR count). The Balaban J connectivity index is 0.000000510. The Labute approximate surface area is 180 Å². The van der Waals surface area contributed by atoms with Gasteiger partial charge in [0.1, 0.15) is 6.61 Å². The van der Waals surface area contributed by atoms with Crippen molar-refractivity contribution in [3.05, 3.63) is 84.5 Å². The molecule has 0 amide bonds. The van der Waals surface area contributed by atoms with E-state index in [1.807, 2.05) is 6.07 Å². The topological polar surface area (TPSA) is 201 Å². The van der Waals surface area contributed by atoms with Gasteiger partial charge in [-0.25, -0.2) is 24.0 Å². The largest absolute Gasteiger partial charge is 0.478 e. The van der Waals surface area contributed by atoms with Gasteiger partial charge in [0.2, 0.25) is 0 Å². The lowest BCUT2D eigenvalue weighted by Crippen LogP contribution is -2.05. The summed E-state index contributed by atoms with van der Waals surface area (Å²) >= 11 is 0. The van der Waals surface area contributed by atoms with Crippen molar-refractivity contribution >= 4 is 29.8 Å². The number of carbonyl (C=O) groups is 5. The SMILES string of the molecule is O=C(O)C=CC(=O)O.O=C(O)C=CC(=O)O.O=C(OCc1cccnc1)c1cccnc1. The third-order valence-corrected chi connectivity index (χ3v) is 2.73. The summed E-state index contributed by atoms with van der Waals surface area (Å²) in [5.74, 6) is -5.41. The normalized spacial score (nSPS) is 9.62. The highest BCUT2D eigenvalue weighted by molar-refractivity contribution is 5.90. The molecular formula is C20H18N2O10. The van der Waals surface area contributed by atoms with Crippen LogP contribution in [0.4, 0.5) is 0 Å². The number of hydrogen-bond acceptors (Lipinski definition) is 8. The predicted octanol–water partition coefficient (Wildman–Crippen LogP) is 1.26. The van der Waals surface area contributed by atoms with Crippen molar-refractivity contribution in [1.82, 2.24) is 9.97 Å². The molecule has 0 aliphatic heterocycles. The predicted molar refractivity (Wildman–Crippen MR) is 106 cm³/mol. The van der Waals surface area contributed by atoms with Crippen molar-refractivity contribution in [3.8, 4) is 0 Å². The molecule has 32 heavy (non-hydrogen) atoms. The maximum absolute atomic E-state index is 11.5. The van der Waals surface area contributed by atoms with Gasteiger partial charge in [-0.15, -0.1) is 0 Å². The Kier molecular flexibility index (Phi) is 13.6. The summed E-state index contributed by atoms with van der Waals surface area (Å²) in [5, 5.41) is 31.2. The Morgan fingerprint density at radius 2 is 1.16 bits per heavy atom. The van der Waals surface area contributed by atoms with Gasteiger partial charge in [-0.2, -0.15) is 0 Å². The first-order chi connectivity index (χ1) is 15.1. The first-order valence-corrected chi connectivity index (χ1v) is 8.35. The maximum atomic E-state index is 11.5. The van der Waals surface area contributed by atoms with Crippen molar-refractivity contribution < 1.29 is 49.1 Å². The van der Waals surface area contributed by atoms with Crippen LogP contribution < -0.4 is 0 Å². The van der Waals surface area contributed by atoms with Crippen molar-refractivity contribution in [2.45, 2.75) is 6.61 Å². The number of carboxylic acids is 4. The lowest BCUT2D eigenvalue weighted by molar-refractivity contribution is -0.134. The molecule has 2 heterocycles. The van der Waals surface area contributed by atoms with Crippen molar-refractivity contribution in [2.75, 3.05) is 0 Å². The van der Waals surface area contributed by atoms with Gasteiger partial charge in [0.05, 0.1) is 5.56 Å². The second-order valence-corrected chi connectivity index (χ2v) is 5.20. The van der Waals surface area contributed by atoms with Gasteiger partial charge in [0.15, 0.2) is 0 Å². The van der Waals surface area contributed by atoms with Crippen molar-refractivity contribution in [1.29, 1.82) is 0 Å². The Hall–Kier alpha value is -4.87. The van der Waals surface area contributed by atoms with E-state index in [2.05, 4.69) is 9.97 Å². The van der Waals surface area contributed by atoms with E-state index in [1.54, 1.807) is 36.8 Å². The van der Waals surface area contributed by atoms with E-state index < -0.39 is 23.9 Å². The standard InChI is InChI=1S/C12H10N2O2.2C4H4O4/c15-12(11-4-2-6-14-8-11)16-9-10-3-1-5-13-7-10;2*5-3(6)1-2-4(7)8/h1-8H,9H2;2*1-2H,(H,5,6)(H,7,8). The number of nitrogens with zero attached hydrogens (tertiary/aromatic N) is 2. The maximum Gasteiger partial charge on any atom is 0.340 e. The van der Waals surface area contributed by atoms with Crippen LogP contribution in [0, 0.1) is 0 Å². The molecule has 0 saturated heterocycles. The van der Waals surface area contributed by atoms with E-state index in [1.165, 1.54) is 6.20 Å². The van der Waals surface area contributed by atoms with Crippen LogP contribution >= 0.6 is 0 Å². The highest BCUT2D eigenvalue weighted by Crippen LogP contribution is 2.03. The van der Waals surface area contributed by atoms with Gasteiger partial charge in [0.25, 0.3) is 0 Å². The quantitative estimate of drug-likeness (QED) is 0.351. The first-order valence-electron chi connectivity index (χ1n) is 8.35. The molecular weight excluding hydrogens is 428 g/mol. The second kappa shape index (κ2) is 16.0. The molecule has 2 aromatic heterocycles. The Morgan fingerprint density at radius 1 is 0.719 bits per heavy atom. The summed E-state index contributed by atoms with van der Waals surface area (Å²) in [6.07, 6.45) is 8.65. The number of aliphatic carboxylic acids is 4. The monoisotopic (exact) mass is 446 g/mol. The number of ether oxygens (including phenoxy) is 1. The molecule has 0 saturated carbocycles. The van der Waals surface area contributed by atoms with Crippen molar-refractivity contribution in [3.63, 3.8) is 0 Å². The second-order valence-electron chi connectivity index (χ2n) is 5.20. The summed E-state index contributed by atoms with van der Waals surface area (Å²) in [5.41, 5.74) is 1.31. The molecule has 0 unspecified atom stereocenters. The smallest absolute Gasteiger partial charge is 0.340 e. The molecule has 0 aliphatic carbocycles. The van der Waals surface area contributed by atoms with Gasteiger partial charge in [-0.1, -0.05) is 6.07 Å². The van der Waals surface area contributed by atoms with Crippen LogP contribution in [0.3, 0.4) is 0 Å². The van der Waals surface area contributed by atoms with E-state index in [4.69, 9.17) is 25.2 Å². The summed E-state index contributed by atoms with van der Waals surface area (Å²) in [6.45, 7) is 0.224. The van der Waals surface area contributed by atoms with E-state index in [9.17, 15) is 24.0 Å². The molecule has 0 spiro atoms. The number of aromatic nitrogens is 2. The molecule has 168 valence electrons.